The molecule has 1 saturated heterocycles. The second-order valence-electron chi connectivity index (χ2n) is 4.84. The van der Waals surface area contributed by atoms with Crippen molar-refractivity contribution >= 4 is 32.0 Å². The second kappa shape index (κ2) is 5.64. The molecule has 0 amide bonds. The van der Waals surface area contributed by atoms with Crippen molar-refractivity contribution in [1.82, 2.24) is 9.62 Å². The summed E-state index contributed by atoms with van der Waals surface area (Å²) in [6, 6.07) is 1.00. The fraction of sp³-hybridized carbons (Fsp3) is 0.600. The monoisotopic (exact) mass is 320 g/mol. The van der Waals surface area contributed by atoms with Crippen LogP contribution in [0.4, 0.5) is 10.7 Å². The van der Waals surface area contributed by atoms with Crippen LogP contribution in [0.1, 0.15) is 6.42 Å². The lowest BCUT2D eigenvalue weighted by molar-refractivity contribution is -0.383. The number of sulfonamides is 1. The molecule has 0 radical (unpaired) electrons. The lowest BCUT2D eigenvalue weighted by atomic mass is 10.1. The summed E-state index contributed by atoms with van der Waals surface area (Å²) < 4.78 is 26.5. The van der Waals surface area contributed by atoms with Gasteiger partial charge in [0.1, 0.15) is 4.21 Å². The molecule has 1 atom stereocenters. The number of hydrogen-bond acceptors (Lipinski definition) is 7. The van der Waals surface area contributed by atoms with Crippen LogP contribution in [-0.2, 0) is 10.0 Å². The zero-order valence-electron chi connectivity index (χ0n) is 10.9. The number of nitro groups is 1. The molecule has 1 aliphatic heterocycles. The van der Waals surface area contributed by atoms with E-state index in [-0.39, 0.29) is 20.8 Å². The molecule has 2 rings (SSSR count). The van der Waals surface area contributed by atoms with E-state index in [9.17, 15) is 18.5 Å². The van der Waals surface area contributed by atoms with E-state index in [4.69, 9.17) is 5.73 Å². The van der Waals surface area contributed by atoms with Crippen molar-refractivity contribution in [1.29, 1.82) is 0 Å². The van der Waals surface area contributed by atoms with Gasteiger partial charge in [0, 0.05) is 19.2 Å². The Bertz CT molecular complexity index is 613. The Hall–Kier alpha value is -1.23. The van der Waals surface area contributed by atoms with E-state index in [2.05, 4.69) is 9.62 Å². The average Bonchev–Trinajstić information content (AvgIpc) is 2.93. The number of nitrogens with one attached hydrogen (secondary N) is 1. The molecule has 1 unspecified atom stereocenters. The molecule has 1 fully saturated rings. The van der Waals surface area contributed by atoms with Crippen molar-refractivity contribution in [2.24, 2.45) is 5.92 Å². The van der Waals surface area contributed by atoms with Crippen LogP contribution in [0.2, 0.25) is 0 Å². The Balaban J connectivity index is 2.06. The fourth-order valence-corrected chi connectivity index (χ4v) is 4.51. The first-order valence-corrected chi connectivity index (χ1v) is 8.31. The van der Waals surface area contributed by atoms with Crippen molar-refractivity contribution in [2.45, 2.75) is 10.6 Å². The highest BCUT2D eigenvalue weighted by Gasteiger charge is 2.26. The largest absolute Gasteiger partial charge is 0.385 e. The van der Waals surface area contributed by atoms with Crippen molar-refractivity contribution < 1.29 is 13.3 Å². The molecular weight excluding hydrogens is 304 g/mol. The summed E-state index contributed by atoms with van der Waals surface area (Å²) in [5.74, 6) is 0.266. The van der Waals surface area contributed by atoms with Gasteiger partial charge in [0.2, 0.25) is 10.0 Å². The van der Waals surface area contributed by atoms with Crippen LogP contribution < -0.4 is 10.5 Å². The number of nitrogens with two attached hydrogens (primary N) is 1. The highest BCUT2D eigenvalue weighted by Crippen LogP contribution is 2.34. The molecule has 20 heavy (non-hydrogen) atoms. The predicted octanol–water partition coefficient (Wildman–Crippen LogP) is 0.469. The molecular formula is C10H16N4O4S2. The number of nitrogens with zero attached hydrogens (tertiary/aromatic N) is 2. The molecule has 8 nitrogen and oxygen atoms in total. The third-order valence-electron chi connectivity index (χ3n) is 3.23. The minimum absolute atomic E-state index is 0.101. The van der Waals surface area contributed by atoms with Gasteiger partial charge >= 0.3 is 5.69 Å². The summed E-state index contributed by atoms with van der Waals surface area (Å²) in [5.41, 5.74) is 5.09. The molecule has 0 saturated carbocycles. The molecule has 1 aromatic heterocycles. The van der Waals surface area contributed by atoms with Crippen LogP contribution in [0.5, 0.6) is 0 Å². The van der Waals surface area contributed by atoms with Crippen LogP contribution in [0, 0.1) is 16.0 Å². The van der Waals surface area contributed by atoms with Crippen LogP contribution >= 0.6 is 11.3 Å². The van der Waals surface area contributed by atoms with Crippen LogP contribution in [-0.4, -0.2) is 44.9 Å². The highest BCUT2D eigenvalue weighted by molar-refractivity contribution is 7.91. The van der Waals surface area contributed by atoms with Gasteiger partial charge in [-0.05, 0) is 25.9 Å². The highest BCUT2D eigenvalue weighted by atomic mass is 32.2. The zero-order valence-corrected chi connectivity index (χ0v) is 12.5. The van der Waals surface area contributed by atoms with Gasteiger partial charge in [-0.2, -0.15) is 0 Å². The van der Waals surface area contributed by atoms with E-state index in [1.54, 1.807) is 0 Å². The van der Waals surface area contributed by atoms with E-state index >= 15 is 0 Å². The SMILES string of the molecule is CN1CCC(CNS(=O)(=O)c2cc([N+](=O)[O-])c(N)s2)C1. The maximum absolute atomic E-state index is 12.1. The Morgan fingerprint density at radius 1 is 1.65 bits per heavy atom. The fourth-order valence-electron chi connectivity index (χ4n) is 2.14. The van der Waals surface area contributed by atoms with E-state index in [0.717, 1.165) is 25.6 Å². The molecule has 0 aliphatic carbocycles. The average molecular weight is 320 g/mol. The van der Waals surface area contributed by atoms with Gasteiger partial charge in [0.25, 0.3) is 0 Å². The molecule has 1 aliphatic rings. The molecule has 3 N–H and O–H groups in total. The zero-order chi connectivity index (χ0) is 14.9. The van der Waals surface area contributed by atoms with E-state index in [1.165, 1.54) is 0 Å². The summed E-state index contributed by atoms with van der Waals surface area (Å²) >= 11 is 0.708. The van der Waals surface area contributed by atoms with Crippen molar-refractivity contribution in [2.75, 3.05) is 32.4 Å². The molecule has 10 heteroatoms. The minimum atomic E-state index is -3.73. The normalized spacial score (nSPS) is 20.4. The van der Waals surface area contributed by atoms with Gasteiger partial charge in [0.05, 0.1) is 4.92 Å². The number of rotatable bonds is 5. The second-order valence-corrected chi connectivity index (χ2v) is 7.92. The first kappa shape index (κ1) is 15.2. The van der Waals surface area contributed by atoms with Gasteiger partial charge < -0.3 is 10.6 Å². The summed E-state index contributed by atoms with van der Waals surface area (Å²) in [6.07, 6.45) is 0.936. The topological polar surface area (TPSA) is 119 Å². The van der Waals surface area contributed by atoms with Gasteiger partial charge in [0.15, 0.2) is 5.00 Å². The number of hydrogen-bond donors (Lipinski definition) is 2. The summed E-state index contributed by atoms with van der Waals surface area (Å²) in [7, 11) is -1.75. The third kappa shape index (κ3) is 3.26. The number of nitrogen functional groups attached to an aromatic ring is 1. The molecule has 2 heterocycles. The molecule has 112 valence electrons. The lowest BCUT2D eigenvalue weighted by Crippen LogP contribution is -2.30. The molecule has 0 aromatic carbocycles. The minimum Gasteiger partial charge on any atom is -0.385 e. The van der Waals surface area contributed by atoms with Gasteiger partial charge in [-0.3, -0.25) is 10.1 Å². The van der Waals surface area contributed by atoms with E-state index < -0.39 is 14.9 Å². The lowest BCUT2D eigenvalue weighted by Gasteiger charge is -2.11. The first-order chi connectivity index (χ1) is 9.29. The maximum Gasteiger partial charge on any atom is 0.304 e. The van der Waals surface area contributed by atoms with Crippen LogP contribution in [0.3, 0.4) is 0 Å². The molecule has 1 aromatic rings. The van der Waals surface area contributed by atoms with Gasteiger partial charge in [-0.1, -0.05) is 11.3 Å². The number of anilines is 1. The first-order valence-electron chi connectivity index (χ1n) is 6.01. The van der Waals surface area contributed by atoms with Crippen LogP contribution in [0.15, 0.2) is 10.3 Å². The van der Waals surface area contributed by atoms with E-state index in [1.807, 2.05) is 7.05 Å². The van der Waals surface area contributed by atoms with Gasteiger partial charge in [-0.25, -0.2) is 13.1 Å². The Morgan fingerprint density at radius 3 is 2.85 bits per heavy atom. The summed E-state index contributed by atoms with van der Waals surface area (Å²) in [6.45, 7) is 2.12. The third-order valence-corrected chi connectivity index (χ3v) is 6.08. The summed E-state index contributed by atoms with van der Waals surface area (Å²) in [4.78, 5) is 12.1. The molecule has 0 bridgehead atoms. The van der Waals surface area contributed by atoms with E-state index in [0.29, 0.717) is 17.9 Å². The Morgan fingerprint density at radius 2 is 2.35 bits per heavy atom. The smallest absolute Gasteiger partial charge is 0.304 e. The van der Waals surface area contributed by atoms with Crippen molar-refractivity contribution in [3.05, 3.63) is 16.2 Å². The van der Waals surface area contributed by atoms with Crippen LogP contribution in [0.25, 0.3) is 0 Å². The predicted molar refractivity (Wildman–Crippen MR) is 76.2 cm³/mol. The van der Waals surface area contributed by atoms with Crippen molar-refractivity contribution in [3.63, 3.8) is 0 Å². The number of thiophene rings is 1. The van der Waals surface area contributed by atoms with Gasteiger partial charge in [-0.15, -0.1) is 0 Å². The Kier molecular flexibility index (Phi) is 4.28. The number of likely N-dealkylation sites (tertiary alicyclic amines) is 1. The maximum atomic E-state index is 12.1. The van der Waals surface area contributed by atoms with Crippen molar-refractivity contribution in [3.8, 4) is 0 Å². The Labute approximate surface area is 120 Å². The summed E-state index contributed by atoms with van der Waals surface area (Å²) in [5, 5.41) is 10.6. The molecule has 0 spiro atoms. The standard InChI is InChI=1S/C10H16N4O4S2/c1-13-3-2-7(6-13)5-12-20(17,18)9-4-8(14(15)16)10(11)19-9/h4,7,12H,2-3,5-6,11H2,1H3. The quantitative estimate of drug-likeness (QED) is 0.601.